The Morgan fingerprint density at radius 2 is 0.855 bits per heavy atom. The monoisotopic (exact) mass is 1650 g/mol. The molecule has 0 unspecified atom stereocenters. The number of pyridine rings is 8. The van der Waals surface area contributed by atoms with Gasteiger partial charge in [-0.2, -0.15) is 10.4 Å². The first-order chi connectivity index (χ1) is 56.6. The van der Waals surface area contributed by atoms with Crippen molar-refractivity contribution in [2.24, 2.45) is 0 Å². The number of hydrogen-bond acceptors (Lipinski definition) is 25. The number of halogens is 4. The number of likely N-dealkylation sites (N-methyl/N-ethyl adjacent to an activating group) is 1. The summed E-state index contributed by atoms with van der Waals surface area (Å²) in [5.41, 5.74) is 30.9. The van der Waals surface area contributed by atoms with E-state index in [2.05, 4.69) is 92.8 Å². The molecule has 0 bridgehead atoms. The van der Waals surface area contributed by atoms with Crippen LogP contribution < -0.4 is 54.8 Å². The van der Waals surface area contributed by atoms with Crippen LogP contribution in [0.1, 0.15) is 87.7 Å². The average molecular weight is 1650 g/mol. The van der Waals surface area contributed by atoms with Gasteiger partial charge in [0, 0.05) is 148 Å². The quantitative estimate of drug-likeness (QED) is 0.0154. The fourth-order valence-corrected chi connectivity index (χ4v) is 12.9. The number of ether oxygens (including phenoxy) is 1. The summed E-state index contributed by atoms with van der Waals surface area (Å²) >= 11 is 25.1. The number of benzene rings is 5. The van der Waals surface area contributed by atoms with Gasteiger partial charge in [0.05, 0.1) is 56.0 Å². The number of amides is 2. The highest BCUT2D eigenvalue weighted by Crippen LogP contribution is 2.29. The predicted octanol–water partition coefficient (Wildman–Crippen LogP) is 14.2. The number of methoxy groups -OCH3 is 1. The lowest BCUT2D eigenvalue weighted by Crippen LogP contribution is -2.23. The van der Waals surface area contributed by atoms with Gasteiger partial charge in [-0.05, 0) is 149 Å². The Morgan fingerprint density at radius 3 is 1.26 bits per heavy atom. The highest BCUT2D eigenvalue weighted by atomic mass is 35.5. The van der Waals surface area contributed by atoms with E-state index in [-0.39, 0.29) is 23.4 Å². The van der Waals surface area contributed by atoms with Crippen molar-refractivity contribution in [3.63, 3.8) is 0 Å². The van der Waals surface area contributed by atoms with Gasteiger partial charge in [0.25, 0.3) is 11.8 Å². The zero-order valence-electron chi connectivity index (χ0n) is 64.0. The standard InChI is InChI=1S/C25H20ClN5O.C21H20ClN7O.C20H23ClN6O.C19H20ClN5O2/c26-22-12-20(15-31-25(22)30-14-18-3-1-2-17(10-18)13-27)23(32)7-5-16-4-6-21-19(11-16)8-9-29-24(21)28;22-18-10-16(11-27-21(18)26-7-8-29-13-24-12-28-29)19(30)4-2-14-1-3-17-15(9-14)5-6-25-20(17)23;1-27(2)8-7-24-19-17(21)10-15(12-25-19)20(28)26-11-13-3-4-16-14(9-13)5-6-23-18(16)22;1-27-7-6-23-18-16(20)9-14(11-24-18)19(26)25-10-12-2-3-15-13(8-12)4-5-22-17(15)21/h1-4,6,8-12,15H,5,7,14H2,(H2,28,29)(H,30,31);1,3,5-6,9-13H,2,4,7-8H2,(H2,23,25)(H,26,27);3-6,9-10,12H,7-8,11H2,1-2H3,(H2,22,23)(H,24,25)(H,26,28);2-5,8-9,11H,6-7,10H2,1H3,(H2,21,22)(H,23,24)(H,25,26). The summed E-state index contributed by atoms with van der Waals surface area (Å²) in [6.07, 6.45) is 17.8. The number of carbonyl (C=O) groups excluding carboxylic acids is 4. The lowest BCUT2D eigenvalue weighted by atomic mass is 10.0. The summed E-state index contributed by atoms with van der Waals surface area (Å²) < 4.78 is 6.67. The lowest BCUT2D eigenvalue weighted by Gasteiger charge is -2.12. The molecule has 596 valence electrons. The molecule has 0 radical (unpaired) electrons. The number of hydrogen-bond donors (Lipinski definition) is 10. The Morgan fingerprint density at radius 1 is 0.462 bits per heavy atom. The van der Waals surface area contributed by atoms with E-state index in [1.165, 1.54) is 24.9 Å². The molecule has 14 aromatic rings. The molecule has 5 aromatic carbocycles. The van der Waals surface area contributed by atoms with Gasteiger partial charge in [0.2, 0.25) is 0 Å². The molecule has 0 aliphatic rings. The number of nitrogens with one attached hydrogen (secondary N) is 6. The van der Waals surface area contributed by atoms with Crippen molar-refractivity contribution in [3.8, 4) is 6.07 Å². The number of Topliss-reactive ketones (excluding diaryl/α,β-unsaturated/α-hetero) is 2. The van der Waals surface area contributed by atoms with Crippen molar-refractivity contribution < 1.29 is 23.9 Å². The van der Waals surface area contributed by atoms with E-state index in [1.807, 2.05) is 123 Å². The Labute approximate surface area is 694 Å². The van der Waals surface area contributed by atoms with Gasteiger partial charge < -0.3 is 64.5 Å². The van der Waals surface area contributed by atoms with E-state index in [4.69, 9.17) is 79.3 Å². The Bertz CT molecular complexity index is 5900. The predicted molar refractivity (Wildman–Crippen MR) is 464 cm³/mol. The molecular formula is C85H83Cl4N23O5. The average Bonchev–Trinajstić information content (AvgIpc) is 1.27. The summed E-state index contributed by atoms with van der Waals surface area (Å²) in [6.45, 7) is 5.14. The van der Waals surface area contributed by atoms with Gasteiger partial charge in [-0.1, -0.05) is 119 Å². The van der Waals surface area contributed by atoms with Gasteiger partial charge in [0.15, 0.2) is 11.6 Å². The highest BCUT2D eigenvalue weighted by Gasteiger charge is 2.17. The molecule has 0 saturated heterocycles. The number of aryl methyl sites for hydroxylation is 2. The van der Waals surface area contributed by atoms with Crippen LogP contribution in [-0.2, 0) is 43.8 Å². The van der Waals surface area contributed by atoms with E-state index < -0.39 is 0 Å². The summed E-state index contributed by atoms with van der Waals surface area (Å²) in [5, 5.41) is 40.4. The Hall–Kier alpha value is -13.3. The molecule has 0 saturated carbocycles. The number of aromatic nitrogens is 11. The summed E-state index contributed by atoms with van der Waals surface area (Å²) in [4.78, 5) is 89.4. The number of ketones is 2. The van der Waals surface area contributed by atoms with Crippen molar-refractivity contribution in [3.05, 3.63) is 284 Å². The number of nitrogens with zero attached hydrogens (tertiary/aromatic N) is 13. The minimum atomic E-state index is -0.248. The van der Waals surface area contributed by atoms with Crippen LogP contribution in [-0.4, -0.2) is 137 Å². The molecule has 28 nitrogen and oxygen atoms in total. The molecule has 117 heavy (non-hydrogen) atoms. The van der Waals surface area contributed by atoms with Gasteiger partial charge in [-0.15, -0.1) is 0 Å². The SMILES string of the molecule is CN(C)CCNc1ncc(C(=O)NCc2ccc3c(N)nccc3c2)cc1Cl.COCCNc1ncc(C(=O)NCc2ccc3c(N)nccc3c2)cc1Cl.N#Cc1cccc(CNc2ncc(C(=O)CCc3ccc4c(N)nccc4c3)cc2Cl)c1.Nc1nccc2cc(CCC(=O)c3cnc(NCCn4cncn4)c(Cl)c3)ccc12. The van der Waals surface area contributed by atoms with Crippen molar-refractivity contribution in [2.75, 3.05) is 98.2 Å². The van der Waals surface area contributed by atoms with Crippen molar-refractivity contribution >= 4 is 159 Å². The van der Waals surface area contributed by atoms with Crippen LogP contribution >= 0.6 is 46.4 Å². The smallest absolute Gasteiger partial charge is 0.253 e. The zero-order valence-corrected chi connectivity index (χ0v) is 67.0. The third-order valence-electron chi connectivity index (χ3n) is 18.2. The summed E-state index contributed by atoms with van der Waals surface area (Å²) in [5.74, 6) is 3.59. The van der Waals surface area contributed by atoms with Crippen LogP contribution in [0.2, 0.25) is 20.1 Å². The number of nitrogen functional groups attached to an aromatic ring is 4. The van der Waals surface area contributed by atoms with Crippen LogP contribution in [0.4, 0.5) is 46.5 Å². The van der Waals surface area contributed by atoms with Crippen LogP contribution in [0, 0.1) is 11.3 Å². The second-order valence-corrected chi connectivity index (χ2v) is 28.5. The second-order valence-electron chi connectivity index (χ2n) is 26.8. The van der Waals surface area contributed by atoms with Gasteiger partial charge in [-0.25, -0.2) is 44.9 Å². The summed E-state index contributed by atoms with van der Waals surface area (Å²) in [6, 6.07) is 47.0. The molecule has 14 rings (SSSR count). The molecule has 9 aromatic heterocycles. The molecule has 0 aliphatic heterocycles. The molecular weight excluding hydrogens is 1560 g/mol. The van der Waals surface area contributed by atoms with E-state index >= 15 is 0 Å². The number of rotatable bonds is 29. The molecule has 0 atom stereocenters. The zero-order chi connectivity index (χ0) is 82.7. The van der Waals surface area contributed by atoms with E-state index in [9.17, 15) is 19.2 Å². The lowest BCUT2D eigenvalue weighted by molar-refractivity contribution is 0.0942. The van der Waals surface area contributed by atoms with Crippen molar-refractivity contribution in [1.82, 2.24) is 70.2 Å². The minimum Gasteiger partial charge on any atom is -0.383 e. The fraction of sp³-hybridized carbons (Fsp3) is 0.188. The third-order valence-corrected chi connectivity index (χ3v) is 19.4. The number of nitrogens with two attached hydrogens (primary N) is 4. The number of anilines is 8. The topological polar surface area (TPSA) is 415 Å². The van der Waals surface area contributed by atoms with Crippen LogP contribution in [0.3, 0.4) is 0 Å². The third kappa shape index (κ3) is 24.2. The van der Waals surface area contributed by atoms with Gasteiger partial charge in [0.1, 0.15) is 59.2 Å². The first-order valence-electron chi connectivity index (χ1n) is 36.8. The maximum atomic E-state index is 12.7. The van der Waals surface area contributed by atoms with Gasteiger partial charge >= 0.3 is 0 Å². The first-order valence-corrected chi connectivity index (χ1v) is 38.3. The van der Waals surface area contributed by atoms with E-state index in [1.54, 1.807) is 85.5 Å². The maximum absolute atomic E-state index is 12.7. The highest BCUT2D eigenvalue weighted by molar-refractivity contribution is 6.34. The number of carbonyl (C=O) groups is 4. The number of nitriles is 1. The molecule has 32 heteroatoms. The number of fused-ring (bicyclic) bond motifs is 4. The summed E-state index contributed by atoms with van der Waals surface area (Å²) in [7, 11) is 5.60. The normalized spacial score (nSPS) is 10.8. The Balaban J connectivity index is 0.000000153. The molecule has 9 heterocycles. The van der Waals surface area contributed by atoms with Crippen molar-refractivity contribution in [1.29, 1.82) is 5.26 Å². The van der Waals surface area contributed by atoms with Crippen LogP contribution in [0.5, 0.6) is 0 Å². The first kappa shape index (κ1) is 84.6. The largest absolute Gasteiger partial charge is 0.383 e. The fourth-order valence-electron chi connectivity index (χ4n) is 12.0. The molecule has 0 aliphatic carbocycles. The Kier molecular flexibility index (Phi) is 30.1. The van der Waals surface area contributed by atoms with Crippen molar-refractivity contribution in [2.45, 2.75) is 51.9 Å². The molecule has 2 amide bonds. The maximum Gasteiger partial charge on any atom is 0.253 e. The van der Waals surface area contributed by atoms with Crippen LogP contribution in [0.15, 0.2) is 208 Å². The molecule has 14 N–H and O–H groups in total. The minimum absolute atomic E-state index is 0.00657. The van der Waals surface area contributed by atoms with Gasteiger partial charge in [-0.3, -0.25) is 23.9 Å². The van der Waals surface area contributed by atoms with E-state index in [0.29, 0.717) is 173 Å². The molecule has 0 fully saturated rings. The second kappa shape index (κ2) is 41.7. The van der Waals surface area contributed by atoms with E-state index in [0.717, 1.165) is 77.5 Å². The molecule has 0 spiro atoms. The van der Waals surface area contributed by atoms with Crippen LogP contribution in [0.25, 0.3) is 43.1 Å².